The highest BCUT2D eigenvalue weighted by Crippen LogP contribution is 2.38. The predicted octanol–water partition coefficient (Wildman–Crippen LogP) is 1.74. The van der Waals surface area contributed by atoms with Crippen LogP contribution in [0.4, 0.5) is 0 Å². The van der Waals surface area contributed by atoms with Crippen molar-refractivity contribution in [2.75, 3.05) is 13.1 Å². The van der Waals surface area contributed by atoms with Crippen LogP contribution in [0.15, 0.2) is 23.1 Å². The van der Waals surface area contributed by atoms with E-state index in [1.54, 1.807) is 11.8 Å². The third-order valence-corrected chi connectivity index (χ3v) is 5.59. The van der Waals surface area contributed by atoms with E-state index in [1.807, 2.05) is 4.90 Å². The summed E-state index contributed by atoms with van der Waals surface area (Å²) in [5.41, 5.74) is 7.87. The minimum Gasteiger partial charge on any atom is -0.369 e. The summed E-state index contributed by atoms with van der Waals surface area (Å²) in [6.07, 6.45) is 2.45. The molecule has 2 amide bonds. The van der Waals surface area contributed by atoms with E-state index in [9.17, 15) is 9.59 Å². The first-order valence-corrected chi connectivity index (χ1v) is 8.27. The molecule has 2 aliphatic heterocycles. The number of primary amides is 1. The van der Waals surface area contributed by atoms with Crippen LogP contribution in [0.1, 0.15) is 24.0 Å². The van der Waals surface area contributed by atoms with Gasteiger partial charge in [-0.1, -0.05) is 17.7 Å². The summed E-state index contributed by atoms with van der Waals surface area (Å²) in [6, 6.07) is 6.36. The van der Waals surface area contributed by atoms with Crippen LogP contribution in [0.25, 0.3) is 0 Å². The van der Waals surface area contributed by atoms with Gasteiger partial charge in [0.2, 0.25) is 11.8 Å². The standard InChI is InChI=1S/C16H20N2O2S/c1-10-4-5-11-8-14(21-13(11)7-10)16(20)18-6-2-3-12(9-18)15(17)19/h4-5,7,12,14H,2-3,6,8-9H2,1H3,(H2,17,19). The second-order valence-corrected chi connectivity index (χ2v) is 7.19. The Morgan fingerprint density at radius 2 is 2.19 bits per heavy atom. The van der Waals surface area contributed by atoms with Crippen molar-refractivity contribution in [2.24, 2.45) is 11.7 Å². The largest absolute Gasteiger partial charge is 0.369 e. The number of fused-ring (bicyclic) bond motifs is 1. The third-order valence-electron chi connectivity index (χ3n) is 4.31. The summed E-state index contributed by atoms with van der Waals surface area (Å²) in [4.78, 5) is 27.1. The fourth-order valence-corrected chi connectivity index (χ4v) is 4.46. The molecule has 0 bridgehead atoms. The Labute approximate surface area is 129 Å². The number of thioether (sulfide) groups is 1. The summed E-state index contributed by atoms with van der Waals surface area (Å²) in [5, 5.41) is -0.0478. The van der Waals surface area contributed by atoms with Gasteiger partial charge in [-0.15, -0.1) is 11.8 Å². The number of benzene rings is 1. The molecular formula is C16H20N2O2S. The number of nitrogens with two attached hydrogens (primary N) is 1. The molecule has 0 aromatic heterocycles. The van der Waals surface area contributed by atoms with E-state index < -0.39 is 0 Å². The molecular weight excluding hydrogens is 284 g/mol. The molecule has 1 saturated heterocycles. The molecule has 1 aromatic carbocycles. The number of rotatable bonds is 2. The SMILES string of the molecule is Cc1ccc2c(c1)SC(C(=O)N1CCCC(C(N)=O)C1)C2. The molecule has 3 rings (SSSR count). The van der Waals surface area contributed by atoms with E-state index in [-0.39, 0.29) is 23.0 Å². The zero-order valence-electron chi connectivity index (χ0n) is 12.2. The minimum atomic E-state index is -0.287. The van der Waals surface area contributed by atoms with Crippen molar-refractivity contribution in [3.05, 3.63) is 29.3 Å². The van der Waals surface area contributed by atoms with Gasteiger partial charge in [-0.3, -0.25) is 9.59 Å². The number of carbonyl (C=O) groups excluding carboxylic acids is 2. The lowest BCUT2D eigenvalue weighted by molar-refractivity contribution is -0.134. The molecule has 0 aliphatic carbocycles. The lowest BCUT2D eigenvalue weighted by Gasteiger charge is -2.32. The van der Waals surface area contributed by atoms with Crippen LogP contribution in [-0.4, -0.2) is 35.1 Å². The van der Waals surface area contributed by atoms with Crippen LogP contribution in [0, 0.1) is 12.8 Å². The molecule has 4 nitrogen and oxygen atoms in total. The summed E-state index contributed by atoms with van der Waals surface area (Å²) in [6.45, 7) is 3.30. The molecule has 5 heteroatoms. The Balaban J connectivity index is 1.68. The Kier molecular flexibility index (Phi) is 3.93. The summed E-state index contributed by atoms with van der Waals surface area (Å²) in [5.74, 6) is -0.316. The van der Waals surface area contributed by atoms with Gasteiger partial charge in [0.1, 0.15) is 0 Å². The molecule has 1 aromatic rings. The Morgan fingerprint density at radius 3 is 2.95 bits per heavy atom. The van der Waals surface area contributed by atoms with E-state index in [4.69, 9.17) is 5.73 Å². The maximum atomic E-state index is 12.7. The topological polar surface area (TPSA) is 63.4 Å². The molecule has 2 atom stereocenters. The van der Waals surface area contributed by atoms with Gasteiger partial charge in [0.15, 0.2) is 0 Å². The Morgan fingerprint density at radius 1 is 1.38 bits per heavy atom. The first-order chi connectivity index (χ1) is 10.0. The predicted molar refractivity (Wildman–Crippen MR) is 83.0 cm³/mol. The van der Waals surface area contributed by atoms with Gasteiger partial charge in [0, 0.05) is 18.0 Å². The van der Waals surface area contributed by atoms with Gasteiger partial charge >= 0.3 is 0 Å². The van der Waals surface area contributed by atoms with Crippen LogP contribution in [-0.2, 0) is 16.0 Å². The van der Waals surface area contributed by atoms with Crippen LogP contribution in [0.2, 0.25) is 0 Å². The lowest BCUT2D eigenvalue weighted by atomic mass is 9.97. The number of hydrogen-bond donors (Lipinski definition) is 1. The van der Waals surface area contributed by atoms with Crippen molar-refractivity contribution in [3.8, 4) is 0 Å². The number of carbonyl (C=O) groups is 2. The maximum absolute atomic E-state index is 12.7. The zero-order valence-corrected chi connectivity index (χ0v) is 13.0. The molecule has 2 heterocycles. The monoisotopic (exact) mass is 304 g/mol. The lowest BCUT2D eigenvalue weighted by Crippen LogP contribution is -2.47. The van der Waals surface area contributed by atoms with E-state index in [0.29, 0.717) is 6.54 Å². The second kappa shape index (κ2) is 5.72. The van der Waals surface area contributed by atoms with Crippen LogP contribution >= 0.6 is 11.8 Å². The first kappa shape index (κ1) is 14.4. The van der Waals surface area contributed by atoms with Crippen molar-refractivity contribution in [1.82, 2.24) is 4.90 Å². The van der Waals surface area contributed by atoms with Crippen molar-refractivity contribution < 1.29 is 9.59 Å². The minimum absolute atomic E-state index is 0.0478. The number of amides is 2. The van der Waals surface area contributed by atoms with E-state index in [0.717, 1.165) is 25.8 Å². The molecule has 2 N–H and O–H groups in total. The third kappa shape index (κ3) is 2.93. The molecule has 0 radical (unpaired) electrons. The van der Waals surface area contributed by atoms with Crippen molar-refractivity contribution in [3.63, 3.8) is 0 Å². The van der Waals surface area contributed by atoms with Crippen molar-refractivity contribution in [1.29, 1.82) is 0 Å². The van der Waals surface area contributed by atoms with Gasteiger partial charge in [-0.05, 0) is 37.8 Å². The Bertz CT molecular complexity index is 588. The molecule has 21 heavy (non-hydrogen) atoms. The summed E-state index contributed by atoms with van der Waals surface area (Å²) >= 11 is 1.65. The normalized spacial score (nSPS) is 24.7. The summed E-state index contributed by atoms with van der Waals surface area (Å²) in [7, 11) is 0. The number of piperidine rings is 1. The average Bonchev–Trinajstić information content (AvgIpc) is 2.89. The molecule has 2 unspecified atom stereocenters. The number of nitrogens with zero attached hydrogens (tertiary/aromatic N) is 1. The highest BCUT2D eigenvalue weighted by Gasteiger charge is 2.34. The van der Waals surface area contributed by atoms with Crippen molar-refractivity contribution >= 4 is 23.6 Å². The van der Waals surface area contributed by atoms with Gasteiger partial charge in [0.05, 0.1) is 11.2 Å². The van der Waals surface area contributed by atoms with Crippen LogP contribution < -0.4 is 5.73 Å². The highest BCUT2D eigenvalue weighted by molar-refractivity contribution is 8.01. The molecule has 1 fully saturated rings. The average molecular weight is 304 g/mol. The highest BCUT2D eigenvalue weighted by atomic mass is 32.2. The second-order valence-electron chi connectivity index (χ2n) is 5.95. The van der Waals surface area contributed by atoms with Crippen LogP contribution in [0.5, 0.6) is 0 Å². The van der Waals surface area contributed by atoms with Crippen LogP contribution in [0.3, 0.4) is 0 Å². The van der Waals surface area contributed by atoms with Crippen molar-refractivity contribution in [2.45, 2.75) is 36.3 Å². The number of likely N-dealkylation sites (tertiary alicyclic amines) is 1. The van der Waals surface area contributed by atoms with E-state index >= 15 is 0 Å². The fraction of sp³-hybridized carbons (Fsp3) is 0.500. The molecule has 2 aliphatic rings. The van der Waals surface area contributed by atoms with Gasteiger partial charge in [-0.2, -0.15) is 0 Å². The van der Waals surface area contributed by atoms with E-state index in [2.05, 4.69) is 25.1 Å². The molecule has 0 saturated carbocycles. The van der Waals surface area contributed by atoms with Gasteiger partial charge in [0.25, 0.3) is 0 Å². The fourth-order valence-electron chi connectivity index (χ4n) is 3.09. The number of hydrogen-bond acceptors (Lipinski definition) is 3. The van der Waals surface area contributed by atoms with Gasteiger partial charge in [-0.25, -0.2) is 0 Å². The quantitative estimate of drug-likeness (QED) is 0.905. The molecule has 0 spiro atoms. The first-order valence-electron chi connectivity index (χ1n) is 7.39. The van der Waals surface area contributed by atoms with E-state index in [1.165, 1.54) is 16.0 Å². The molecule has 112 valence electrons. The maximum Gasteiger partial charge on any atom is 0.236 e. The Hall–Kier alpha value is -1.49. The zero-order chi connectivity index (χ0) is 15.0. The number of aryl methyl sites for hydroxylation is 1. The smallest absolute Gasteiger partial charge is 0.236 e. The summed E-state index contributed by atoms with van der Waals surface area (Å²) < 4.78 is 0. The van der Waals surface area contributed by atoms with Gasteiger partial charge < -0.3 is 10.6 Å².